The van der Waals surface area contributed by atoms with Gasteiger partial charge in [0.05, 0.1) is 17.3 Å². The van der Waals surface area contributed by atoms with E-state index in [4.69, 9.17) is 5.73 Å². The second-order valence-corrected chi connectivity index (χ2v) is 11.9. The van der Waals surface area contributed by atoms with Crippen molar-refractivity contribution in [2.75, 3.05) is 13.6 Å². The van der Waals surface area contributed by atoms with E-state index in [2.05, 4.69) is 4.72 Å². The molecule has 0 radical (unpaired) electrons. The summed E-state index contributed by atoms with van der Waals surface area (Å²) in [6.45, 7) is 2.65. The summed E-state index contributed by atoms with van der Waals surface area (Å²) in [7, 11) is -1.57. The SMILES string of the molecule is CN1C(=O)N(CC2CCC(C(N)=O)CC2)C2CCC(S(=O)(=O)NC3(C)CC3)CC21. The van der Waals surface area contributed by atoms with Gasteiger partial charge in [0.25, 0.3) is 0 Å². The number of amides is 3. The number of nitrogens with one attached hydrogen (secondary N) is 1. The van der Waals surface area contributed by atoms with E-state index >= 15 is 0 Å². The Morgan fingerprint density at radius 1 is 1.14 bits per heavy atom. The van der Waals surface area contributed by atoms with Crippen LogP contribution in [0.2, 0.25) is 0 Å². The molecule has 0 bridgehead atoms. The zero-order valence-electron chi connectivity index (χ0n) is 17.5. The minimum Gasteiger partial charge on any atom is -0.369 e. The Hall–Kier alpha value is -1.35. The first kappa shape index (κ1) is 20.9. The first-order chi connectivity index (χ1) is 13.6. The molecule has 4 rings (SSSR count). The van der Waals surface area contributed by atoms with Crippen molar-refractivity contribution >= 4 is 22.0 Å². The van der Waals surface area contributed by atoms with E-state index in [1.54, 1.807) is 11.9 Å². The fraction of sp³-hybridized carbons (Fsp3) is 0.900. The number of nitrogens with two attached hydrogens (primary N) is 1. The van der Waals surface area contributed by atoms with E-state index in [9.17, 15) is 18.0 Å². The highest BCUT2D eigenvalue weighted by molar-refractivity contribution is 7.90. The van der Waals surface area contributed by atoms with Crippen molar-refractivity contribution in [2.24, 2.45) is 17.6 Å². The van der Waals surface area contributed by atoms with Gasteiger partial charge >= 0.3 is 6.03 Å². The highest BCUT2D eigenvalue weighted by Gasteiger charge is 2.51. The molecular weight excluding hydrogens is 392 g/mol. The van der Waals surface area contributed by atoms with E-state index in [-0.39, 0.29) is 35.5 Å². The van der Waals surface area contributed by atoms with Crippen LogP contribution >= 0.6 is 0 Å². The highest BCUT2D eigenvalue weighted by atomic mass is 32.2. The number of carbonyl (C=O) groups is 2. The van der Waals surface area contributed by atoms with Crippen LogP contribution in [0.5, 0.6) is 0 Å². The minimum absolute atomic E-state index is 0.0113. The van der Waals surface area contributed by atoms with E-state index in [1.807, 2.05) is 11.8 Å². The molecule has 4 fully saturated rings. The summed E-state index contributed by atoms with van der Waals surface area (Å²) < 4.78 is 28.6. The van der Waals surface area contributed by atoms with Crippen LogP contribution in [-0.2, 0) is 14.8 Å². The molecule has 3 amide bonds. The summed E-state index contributed by atoms with van der Waals surface area (Å²) in [5.74, 6) is 0.144. The van der Waals surface area contributed by atoms with E-state index in [0.29, 0.717) is 25.3 Å². The fourth-order valence-corrected chi connectivity index (χ4v) is 7.43. The number of likely N-dealkylation sites (N-methyl/N-ethyl adjacent to an activating group) is 1. The Balaban J connectivity index is 1.38. The predicted octanol–water partition coefficient (Wildman–Crippen LogP) is 1.41. The normalized spacial score (nSPS) is 36.8. The van der Waals surface area contributed by atoms with Gasteiger partial charge in [0.1, 0.15) is 0 Å². The van der Waals surface area contributed by atoms with Gasteiger partial charge in [0.2, 0.25) is 15.9 Å². The van der Waals surface area contributed by atoms with Crippen molar-refractivity contribution in [3.8, 4) is 0 Å². The van der Waals surface area contributed by atoms with Crippen LogP contribution < -0.4 is 10.5 Å². The molecule has 3 N–H and O–H groups in total. The number of fused-ring (bicyclic) bond motifs is 1. The summed E-state index contributed by atoms with van der Waals surface area (Å²) >= 11 is 0. The lowest BCUT2D eigenvalue weighted by Crippen LogP contribution is -2.50. The molecule has 1 aliphatic heterocycles. The third kappa shape index (κ3) is 4.13. The van der Waals surface area contributed by atoms with Crippen molar-refractivity contribution in [3.63, 3.8) is 0 Å². The molecule has 3 atom stereocenters. The van der Waals surface area contributed by atoms with Crippen molar-refractivity contribution in [3.05, 3.63) is 0 Å². The van der Waals surface area contributed by atoms with Gasteiger partial charge in [-0.2, -0.15) is 0 Å². The molecule has 3 saturated carbocycles. The maximum atomic E-state index is 12.9. The van der Waals surface area contributed by atoms with Crippen molar-refractivity contribution < 1.29 is 18.0 Å². The largest absolute Gasteiger partial charge is 0.369 e. The molecule has 9 heteroatoms. The lowest BCUT2D eigenvalue weighted by atomic mass is 9.81. The van der Waals surface area contributed by atoms with Gasteiger partial charge in [-0.1, -0.05) is 0 Å². The van der Waals surface area contributed by atoms with Crippen LogP contribution in [0.25, 0.3) is 0 Å². The number of sulfonamides is 1. The van der Waals surface area contributed by atoms with Crippen molar-refractivity contribution in [1.82, 2.24) is 14.5 Å². The number of nitrogens with zero attached hydrogens (tertiary/aromatic N) is 2. The number of hydrogen-bond donors (Lipinski definition) is 2. The van der Waals surface area contributed by atoms with Gasteiger partial charge in [-0.05, 0) is 70.6 Å². The number of urea groups is 1. The van der Waals surface area contributed by atoms with Crippen LogP contribution in [0.15, 0.2) is 0 Å². The van der Waals surface area contributed by atoms with Gasteiger partial charge in [0, 0.05) is 25.0 Å². The van der Waals surface area contributed by atoms with E-state index in [0.717, 1.165) is 44.9 Å². The quantitative estimate of drug-likeness (QED) is 0.668. The zero-order valence-corrected chi connectivity index (χ0v) is 18.3. The molecular formula is C20H34N4O4S. The van der Waals surface area contributed by atoms with Crippen LogP contribution in [-0.4, -0.2) is 66.6 Å². The summed E-state index contributed by atoms with van der Waals surface area (Å²) in [5.41, 5.74) is 5.17. The maximum Gasteiger partial charge on any atom is 0.320 e. The predicted molar refractivity (Wildman–Crippen MR) is 109 cm³/mol. The Labute approximate surface area is 173 Å². The van der Waals surface area contributed by atoms with Crippen LogP contribution in [0.3, 0.4) is 0 Å². The summed E-state index contributed by atoms with van der Waals surface area (Å²) in [6.07, 6.45) is 7.05. The second kappa shape index (κ2) is 7.41. The standard InChI is InChI=1S/C20H34N4O4S/c1-20(9-10-20)22-29(27,28)15-7-8-16-17(11-15)23(2)19(26)24(16)12-13-3-5-14(6-4-13)18(21)25/h13-17,22H,3-12H2,1-2H3,(H2,21,25). The number of hydrogen-bond acceptors (Lipinski definition) is 4. The Morgan fingerprint density at radius 2 is 1.79 bits per heavy atom. The summed E-state index contributed by atoms with van der Waals surface area (Å²) in [4.78, 5) is 28.0. The molecule has 1 saturated heterocycles. The third-order valence-electron chi connectivity index (χ3n) is 7.71. The maximum absolute atomic E-state index is 12.9. The molecule has 1 heterocycles. The minimum atomic E-state index is -3.37. The molecule has 8 nitrogen and oxygen atoms in total. The molecule has 0 aromatic heterocycles. The number of primary amides is 1. The molecule has 3 aliphatic carbocycles. The Kier molecular flexibility index (Phi) is 5.34. The summed E-state index contributed by atoms with van der Waals surface area (Å²) in [6, 6.07) is 0.0494. The molecule has 0 aromatic rings. The topological polar surface area (TPSA) is 113 Å². The van der Waals surface area contributed by atoms with Gasteiger partial charge in [-0.3, -0.25) is 4.79 Å². The molecule has 4 aliphatic rings. The molecule has 0 aromatic carbocycles. The second-order valence-electron chi connectivity index (χ2n) is 9.94. The monoisotopic (exact) mass is 426 g/mol. The molecule has 3 unspecified atom stereocenters. The fourth-order valence-electron chi connectivity index (χ4n) is 5.48. The Bertz CT molecular complexity index is 773. The number of rotatable bonds is 6. The van der Waals surface area contributed by atoms with Crippen LogP contribution in [0.1, 0.15) is 64.7 Å². The molecule has 29 heavy (non-hydrogen) atoms. The Morgan fingerprint density at radius 3 is 2.38 bits per heavy atom. The van der Waals surface area contributed by atoms with E-state index in [1.165, 1.54) is 0 Å². The van der Waals surface area contributed by atoms with Crippen molar-refractivity contribution in [1.29, 1.82) is 0 Å². The summed E-state index contributed by atoms with van der Waals surface area (Å²) in [5, 5.41) is -0.428. The lowest BCUT2D eigenvalue weighted by molar-refractivity contribution is -0.123. The van der Waals surface area contributed by atoms with Crippen LogP contribution in [0.4, 0.5) is 4.79 Å². The number of carbonyl (C=O) groups excluding carboxylic acids is 2. The smallest absolute Gasteiger partial charge is 0.320 e. The average Bonchev–Trinajstić information content (AvgIpc) is 3.35. The van der Waals surface area contributed by atoms with Gasteiger partial charge in [-0.25, -0.2) is 17.9 Å². The molecule has 0 spiro atoms. The van der Waals surface area contributed by atoms with Gasteiger partial charge in [-0.15, -0.1) is 0 Å². The van der Waals surface area contributed by atoms with E-state index < -0.39 is 15.3 Å². The molecule has 164 valence electrons. The highest BCUT2D eigenvalue weighted by Crippen LogP contribution is 2.40. The first-order valence-corrected chi connectivity index (χ1v) is 12.5. The zero-order chi connectivity index (χ0) is 21.0. The third-order valence-corrected chi connectivity index (χ3v) is 9.79. The van der Waals surface area contributed by atoms with Crippen LogP contribution in [0, 0.1) is 11.8 Å². The lowest BCUT2D eigenvalue weighted by Gasteiger charge is -2.37. The van der Waals surface area contributed by atoms with Gasteiger partial charge < -0.3 is 15.5 Å². The van der Waals surface area contributed by atoms with Gasteiger partial charge in [0.15, 0.2) is 0 Å². The first-order valence-electron chi connectivity index (χ1n) is 11.0. The average molecular weight is 427 g/mol. The van der Waals surface area contributed by atoms with Crippen molar-refractivity contribution in [2.45, 2.75) is 87.6 Å².